The van der Waals surface area contributed by atoms with Gasteiger partial charge in [-0.05, 0) is 70.0 Å². The smallest absolute Gasteiger partial charge is 0.242 e. The zero-order valence-electron chi connectivity index (χ0n) is 11.8. The highest BCUT2D eigenvalue weighted by Gasteiger charge is 2.21. The van der Waals surface area contributed by atoms with Gasteiger partial charge in [0.1, 0.15) is 0 Å². The van der Waals surface area contributed by atoms with Gasteiger partial charge in [0.05, 0.1) is 4.90 Å². The maximum Gasteiger partial charge on any atom is 0.242 e. The van der Waals surface area contributed by atoms with Gasteiger partial charge < -0.3 is 5.32 Å². The fraction of sp³-hybridized carbons (Fsp3) is 0.286. The van der Waals surface area contributed by atoms with Gasteiger partial charge in [-0.1, -0.05) is 6.07 Å². The van der Waals surface area contributed by atoms with Gasteiger partial charge in [-0.3, -0.25) is 0 Å². The van der Waals surface area contributed by atoms with Crippen molar-refractivity contribution in [1.29, 1.82) is 0 Å². The summed E-state index contributed by atoms with van der Waals surface area (Å²) < 4.78 is 28.4. The second-order valence-corrected chi connectivity index (χ2v) is 8.01. The van der Waals surface area contributed by atoms with Crippen molar-refractivity contribution in [3.8, 4) is 0 Å². The molecule has 21 heavy (non-hydrogen) atoms. The maximum absolute atomic E-state index is 12.6. The van der Waals surface area contributed by atoms with Crippen molar-refractivity contribution in [3.63, 3.8) is 0 Å². The lowest BCUT2D eigenvalue weighted by Gasteiger charge is -2.15. The summed E-state index contributed by atoms with van der Waals surface area (Å²) in [4.78, 5) is 0.261. The minimum absolute atomic E-state index is 0.261. The number of sulfonamides is 1. The third-order valence-electron chi connectivity index (χ3n) is 3.04. The molecule has 2 rings (SSSR count). The van der Waals surface area contributed by atoms with Crippen molar-refractivity contribution in [2.45, 2.75) is 24.4 Å². The van der Waals surface area contributed by atoms with E-state index >= 15 is 0 Å². The van der Waals surface area contributed by atoms with Crippen LogP contribution in [0.3, 0.4) is 0 Å². The average Bonchev–Trinajstić information content (AvgIpc) is 2.94. The van der Waals surface area contributed by atoms with E-state index in [1.54, 1.807) is 23.5 Å². The monoisotopic (exact) mass is 388 g/mol. The number of benzene rings is 1. The number of nitrogens with one attached hydrogen (secondary N) is 2. The highest BCUT2D eigenvalue weighted by Crippen LogP contribution is 2.25. The highest BCUT2D eigenvalue weighted by atomic mass is 79.9. The largest absolute Gasteiger partial charge is 0.316 e. The van der Waals surface area contributed by atoms with Crippen molar-refractivity contribution in [2.24, 2.45) is 0 Å². The van der Waals surface area contributed by atoms with Crippen molar-refractivity contribution in [3.05, 3.63) is 50.6 Å². The third kappa shape index (κ3) is 4.14. The summed E-state index contributed by atoms with van der Waals surface area (Å²) in [7, 11) is -1.75. The molecule has 0 spiro atoms. The van der Waals surface area contributed by atoms with Crippen LogP contribution in [-0.2, 0) is 16.6 Å². The van der Waals surface area contributed by atoms with Gasteiger partial charge in [-0.2, -0.15) is 11.3 Å². The van der Waals surface area contributed by atoms with E-state index in [-0.39, 0.29) is 10.9 Å². The molecular weight excluding hydrogens is 372 g/mol. The van der Waals surface area contributed by atoms with E-state index in [1.165, 1.54) is 0 Å². The Bertz CT molecular complexity index is 700. The van der Waals surface area contributed by atoms with E-state index in [4.69, 9.17) is 0 Å². The second kappa shape index (κ2) is 7.02. The minimum Gasteiger partial charge on any atom is -0.316 e. The van der Waals surface area contributed by atoms with Gasteiger partial charge in [0.25, 0.3) is 0 Å². The van der Waals surface area contributed by atoms with Crippen LogP contribution in [0.25, 0.3) is 0 Å². The van der Waals surface area contributed by atoms with E-state index in [9.17, 15) is 8.42 Å². The summed E-state index contributed by atoms with van der Waals surface area (Å²) in [5, 5.41) is 6.89. The Hall–Kier alpha value is -0.730. The molecule has 1 atom stereocenters. The Balaban J connectivity index is 2.28. The van der Waals surface area contributed by atoms with Crippen molar-refractivity contribution in [2.75, 3.05) is 7.05 Å². The summed E-state index contributed by atoms with van der Waals surface area (Å²) >= 11 is 4.87. The molecule has 0 fully saturated rings. The van der Waals surface area contributed by atoms with Crippen molar-refractivity contribution >= 4 is 37.3 Å². The first-order valence-corrected chi connectivity index (χ1v) is 9.63. The molecule has 0 bridgehead atoms. The van der Waals surface area contributed by atoms with Crippen LogP contribution in [0.4, 0.5) is 0 Å². The molecule has 0 saturated carbocycles. The van der Waals surface area contributed by atoms with E-state index < -0.39 is 10.0 Å². The Morgan fingerprint density at radius 2 is 2.10 bits per heavy atom. The SMILES string of the molecule is CNCc1ccc(Br)c(S(=O)(=O)NC(C)c2ccsc2)c1. The summed E-state index contributed by atoms with van der Waals surface area (Å²) in [6.45, 7) is 2.46. The molecule has 114 valence electrons. The zero-order chi connectivity index (χ0) is 15.5. The first-order chi connectivity index (χ1) is 9.94. The molecule has 0 radical (unpaired) electrons. The average molecular weight is 389 g/mol. The predicted molar refractivity (Wildman–Crippen MR) is 90.0 cm³/mol. The Morgan fingerprint density at radius 3 is 2.71 bits per heavy atom. The fourth-order valence-corrected chi connectivity index (χ4v) is 4.95. The van der Waals surface area contributed by atoms with Crippen LogP contribution < -0.4 is 10.0 Å². The Kier molecular flexibility index (Phi) is 5.56. The van der Waals surface area contributed by atoms with Crippen LogP contribution in [0.5, 0.6) is 0 Å². The van der Waals surface area contributed by atoms with Crippen molar-refractivity contribution in [1.82, 2.24) is 10.0 Å². The second-order valence-electron chi connectivity index (χ2n) is 4.69. The van der Waals surface area contributed by atoms with Crippen molar-refractivity contribution < 1.29 is 8.42 Å². The lowest BCUT2D eigenvalue weighted by molar-refractivity contribution is 0.566. The van der Waals surface area contributed by atoms with E-state index in [1.807, 2.05) is 36.9 Å². The van der Waals surface area contributed by atoms with Gasteiger partial charge in [0, 0.05) is 17.1 Å². The zero-order valence-corrected chi connectivity index (χ0v) is 15.0. The Morgan fingerprint density at radius 1 is 1.33 bits per heavy atom. The van der Waals surface area contributed by atoms with Crippen LogP contribution in [-0.4, -0.2) is 15.5 Å². The number of rotatable bonds is 6. The normalized spacial score (nSPS) is 13.3. The van der Waals surface area contributed by atoms with Crippen LogP contribution in [0, 0.1) is 0 Å². The highest BCUT2D eigenvalue weighted by molar-refractivity contribution is 9.10. The van der Waals surface area contributed by atoms with E-state index in [0.29, 0.717) is 11.0 Å². The quantitative estimate of drug-likeness (QED) is 0.797. The molecule has 0 aliphatic carbocycles. The molecule has 2 aromatic rings. The lowest BCUT2D eigenvalue weighted by atomic mass is 10.2. The third-order valence-corrected chi connectivity index (χ3v) is 6.28. The molecule has 0 amide bonds. The first-order valence-electron chi connectivity index (χ1n) is 6.41. The molecule has 0 aliphatic rings. The fourth-order valence-electron chi connectivity index (χ4n) is 1.95. The topological polar surface area (TPSA) is 58.2 Å². The first kappa shape index (κ1) is 16.6. The van der Waals surface area contributed by atoms with Crippen LogP contribution in [0.15, 0.2) is 44.4 Å². The van der Waals surface area contributed by atoms with Gasteiger partial charge in [-0.25, -0.2) is 13.1 Å². The maximum atomic E-state index is 12.6. The van der Waals surface area contributed by atoms with Crippen LogP contribution in [0.1, 0.15) is 24.1 Å². The molecule has 0 saturated heterocycles. The minimum atomic E-state index is -3.58. The summed E-state index contributed by atoms with van der Waals surface area (Å²) in [5.74, 6) is 0. The number of thiophene rings is 1. The Labute approximate surface area is 137 Å². The molecule has 1 unspecified atom stereocenters. The predicted octanol–water partition coefficient (Wildman–Crippen LogP) is 3.27. The molecule has 0 aliphatic heterocycles. The van der Waals surface area contributed by atoms with E-state index in [2.05, 4.69) is 26.0 Å². The molecule has 1 aromatic carbocycles. The van der Waals surface area contributed by atoms with Crippen LogP contribution >= 0.6 is 27.3 Å². The van der Waals surface area contributed by atoms with E-state index in [0.717, 1.165) is 11.1 Å². The van der Waals surface area contributed by atoms with Gasteiger partial charge in [0.2, 0.25) is 10.0 Å². The van der Waals surface area contributed by atoms with Gasteiger partial charge >= 0.3 is 0 Å². The van der Waals surface area contributed by atoms with Gasteiger partial charge in [0.15, 0.2) is 0 Å². The standard InChI is InChI=1S/C14H17BrN2O2S2/c1-10(12-5-6-20-9-12)17-21(18,19)14-7-11(8-16-2)3-4-13(14)15/h3-7,9-10,16-17H,8H2,1-2H3. The number of hydrogen-bond donors (Lipinski definition) is 2. The summed E-state index contributed by atoms with van der Waals surface area (Å²) in [6.07, 6.45) is 0. The molecule has 7 heteroatoms. The molecule has 4 nitrogen and oxygen atoms in total. The summed E-state index contributed by atoms with van der Waals surface area (Å²) in [6, 6.07) is 6.99. The van der Waals surface area contributed by atoms with Gasteiger partial charge in [-0.15, -0.1) is 0 Å². The lowest BCUT2D eigenvalue weighted by Crippen LogP contribution is -2.27. The molecular formula is C14H17BrN2O2S2. The summed E-state index contributed by atoms with van der Waals surface area (Å²) in [5.41, 5.74) is 1.88. The molecule has 1 heterocycles. The molecule has 2 N–H and O–H groups in total. The van der Waals surface area contributed by atoms with Crippen LogP contribution in [0.2, 0.25) is 0 Å². The number of hydrogen-bond acceptors (Lipinski definition) is 4. The number of halogens is 1. The molecule has 1 aromatic heterocycles.